The van der Waals surface area contributed by atoms with E-state index in [-0.39, 0.29) is 6.10 Å². The maximum atomic E-state index is 9.58. The molecule has 2 saturated carbocycles. The zero-order valence-electron chi connectivity index (χ0n) is 7.09. The summed E-state index contributed by atoms with van der Waals surface area (Å²) in [5.74, 6) is 1.34. The molecule has 64 valence electrons. The first kappa shape index (κ1) is 7.56. The smallest absolute Gasteiger partial charge is 0.0586 e. The Morgan fingerprint density at radius 3 is 2.73 bits per heavy atom. The van der Waals surface area contributed by atoms with Gasteiger partial charge in [-0.3, -0.25) is 0 Å². The van der Waals surface area contributed by atoms with Gasteiger partial charge in [0.2, 0.25) is 0 Å². The van der Waals surface area contributed by atoms with Gasteiger partial charge in [0, 0.05) is 12.0 Å². The molecule has 2 nitrogen and oxygen atoms in total. The van der Waals surface area contributed by atoms with Gasteiger partial charge in [0.25, 0.3) is 0 Å². The van der Waals surface area contributed by atoms with Crippen LogP contribution < -0.4 is 5.32 Å². The van der Waals surface area contributed by atoms with Crippen molar-refractivity contribution in [1.29, 1.82) is 0 Å². The molecule has 0 aliphatic heterocycles. The quantitative estimate of drug-likeness (QED) is 0.617. The van der Waals surface area contributed by atoms with Crippen LogP contribution in [0.1, 0.15) is 26.2 Å². The van der Waals surface area contributed by atoms with Crippen LogP contribution >= 0.6 is 0 Å². The third-order valence-electron chi connectivity index (χ3n) is 3.32. The van der Waals surface area contributed by atoms with Gasteiger partial charge >= 0.3 is 0 Å². The average Bonchev–Trinajstić information content (AvgIpc) is 2.46. The van der Waals surface area contributed by atoms with Crippen molar-refractivity contribution in [3.63, 3.8) is 0 Å². The van der Waals surface area contributed by atoms with Crippen molar-refractivity contribution in [2.75, 3.05) is 6.54 Å². The molecule has 4 atom stereocenters. The number of rotatable bonds is 2. The number of hydrogen-bond donors (Lipinski definition) is 2. The van der Waals surface area contributed by atoms with Gasteiger partial charge in [-0.1, -0.05) is 6.92 Å². The summed E-state index contributed by atoms with van der Waals surface area (Å²) in [7, 11) is 0. The Morgan fingerprint density at radius 1 is 1.45 bits per heavy atom. The van der Waals surface area contributed by atoms with Crippen LogP contribution in [-0.4, -0.2) is 23.8 Å². The number of fused-ring (bicyclic) bond motifs is 2. The molecule has 11 heavy (non-hydrogen) atoms. The average molecular weight is 155 g/mol. The van der Waals surface area contributed by atoms with Crippen molar-refractivity contribution < 1.29 is 5.11 Å². The van der Waals surface area contributed by atoms with Crippen LogP contribution in [0, 0.1) is 11.8 Å². The third-order valence-corrected chi connectivity index (χ3v) is 3.32. The number of aliphatic hydroxyl groups excluding tert-OH is 1. The summed E-state index contributed by atoms with van der Waals surface area (Å²) in [6.07, 6.45) is 3.61. The first-order valence-corrected chi connectivity index (χ1v) is 4.74. The second kappa shape index (κ2) is 2.76. The first-order valence-electron chi connectivity index (χ1n) is 4.74. The molecule has 0 unspecified atom stereocenters. The molecular formula is C9H17NO. The van der Waals surface area contributed by atoms with Crippen molar-refractivity contribution in [2.45, 2.75) is 38.3 Å². The standard InChI is InChI=1S/C9H17NO/c1-2-10-9-6-3-4-7(9)8(11)5-6/h6-11H,2-5H2,1H3/t6-,7+,8-,9+/m1/s1. The molecule has 0 spiro atoms. The van der Waals surface area contributed by atoms with Crippen LogP contribution in [0.3, 0.4) is 0 Å². The van der Waals surface area contributed by atoms with E-state index >= 15 is 0 Å². The van der Waals surface area contributed by atoms with E-state index in [9.17, 15) is 5.11 Å². The van der Waals surface area contributed by atoms with Gasteiger partial charge in [-0.2, -0.15) is 0 Å². The lowest BCUT2D eigenvalue weighted by Crippen LogP contribution is -2.34. The van der Waals surface area contributed by atoms with E-state index < -0.39 is 0 Å². The highest BCUT2D eigenvalue weighted by atomic mass is 16.3. The van der Waals surface area contributed by atoms with Crippen LogP contribution in [0.25, 0.3) is 0 Å². The lowest BCUT2D eigenvalue weighted by Gasteiger charge is -2.17. The van der Waals surface area contributed by atoms with Gasteiger partial charge in [0.15, 0.2) is 0 Å². The summed E-state index contributed by atoms with van der Waals surface area (Å²) >= 11 is 0. The van der Waals surface area contributed by atoms with Gasteiger partial charge in [-0.25, -0.2) is 0 Å². The molecule has 2 aliphatic rings. The van der Waals surface area contributed by atoms with E-state index in [1.807, 2.05) is 0 Å². The molecular weight excluding hydrogens is 138 g/mol. The van der Waals surface area contributed by atoms with Crippen LogP contribution in [0.15, 0.2) is 0 Å². The molecule has 2 aliphatic carbocycles. The molecule has 0 aromatic heterocycles. The molecule has 0 heterocycles. The predicted octanol–water partition coefficient (Wildman–Crippen LogP) is 0.755. The predicted molar refractivity (Wildman–Crippen MR) is 44.3 cm³/mol. The summed E-state index contributed by atoms with van der Waals surface area (Å²) in [6, 6.07) is 0.634. The normalized spacial score (nSPS) is 48.5. The summed E-state index contributed by atoms with van der Waals surface area (Å²) in [5.41, 5.74) is 0. The fourth-order valence-corrected chi connectivity index (χ4v) is 2.85. The Kier molecular flexibility index (Phi) is 1.90. The fraction of sp³-hybridized carbons (Fsp3) is 1.00. The number of hydrogen-bond acceptors (Lipinski definition) is 2. The van der Waals surface area contributed by atoms with Crippen LogP contribution in [0.5, 0.6) is 0 Å². The maximum Gasteiger partial charge on any atom is 0.0586 e. The SMILES string of the molecule is CCN[C@H]1[C@@H]2CC[C@H]1[C@H](O)C2. The molecule has 2 fully saturated rings. The van der Waals surface area contributed by atoms with Crippen molar-refractivity contribution in [3.8, 4) is 0 Å². The highest BCUT2D eigenvalue weighted by Gasteiger charge is 2.46. The minimum absolute atomic E-state index is 0.00204. The molecule has 2 bridgehead atoms. The van der Waals surface area contributed by atoms with E-state index in [0.717, 1.165) is 18.9 Å². The van der Waals surface area contributed by atoms with Crippen molar-refractivity contribution in [3.05, 3.63) is 0 Å². The second-order valence-electron chi connectivity index (χ2n) is 3.89. The largest absolute Gasteiger partial charge is 0.393 e. The number of nitrogens with one attached hydrogen (secondary N) is 1. The van der Waals surface area contributed by atoms with E-state index in [0.29, 0.717) is 12.0 Å². The minimum atomic E-state index is -0.00204. The lowest BCUT2D eigenvalue weighted by molar-refractivity contribution is 0.110. The maximum absolute atomic E-state index is 9.58. The van der Waals surface area contributed by atoms with Crippen LogP contribution in [0.4, 0.5) is 0 Å². The summed E-state index contributed by atoms with van der Waals surface area (Å²) in [4.78, 5) is 0. The lowest BCUT2D eigenvalue weighted by atomic mass is 9.98. The third kappa shape index (κ3) is 1.09. The summed E-state index contributed by atoms with van der Waals surface area (Å²) < 4.78 is 0. The molecule has 2 rings (SSSR count). The van der Waals surface area contributed by atoms with Gasteiger partial charge in [-0.15, -0.1) is 0 Å². The first-order chi connectivity index (χ1) is 5.33. The van der Waals surface area contributed by atoms with Crippen molar-refractivity contribution >= 4 is 0 Å². The molecule has 0 aromatic rings. The molecule has 2 heteroatoms. The highest BCUT2D eigenvalue weighted by Crippen LogP contribution is 2.44. The van der Waals surface area contributed by atoms with Crippen molar-refractivity contribution in [2.24, 2.45) is 11.8 Å². The molecule has 0 aromatic carbocycles. The Labute approximate surface area is 68.0 Å². The van der Waals surface area contributed by atoms with E-state index in [2.05, 4.69) is 12.2 Å². The highest BCUT2D eigenvalue weighted by molar-refractivity contribution is 5.00. The number of aliphatic hydroxyl groups is 1. The van der Waals surface area contributed by atoms with Gasteiger partial charge in [0.1, 0.15) is 0 Å². The van der Waals surface area contributed by atoms with Gasteiger partial charge in [-0.05, 0) is 31.7 Å². The van der Waals surface area contributed by atoms with E-state index in [1.54, 1.807) is 0 Å². The zero-order chi connectivity index (χ0) is 7.84. The van der Waals surface area contributed by atoms with Crippen molar-refractivity contribution in [1.82, 2.24) is 5.32 Å². The monoisotopic (exact) mass is 155 g/mol. The van der Waals surface area contributed by atoms with E-state index in [1.165, 1.54) is 12.8 Å². The van der Waals surface area contributed by atoms with Crippen LogP contribution in [-0.2, 0) is 0 Å². The Balaban J connectivity index is 2.01. The Morgan fingerprint density at radius 2 is 2.27 bits per heavy atom. The molecule has 2 N–H and O–H groups in total. The Hall–Kier alpha value is -0.0800. The minimum Gasteiger partial charge on any atom is -0.393 e. The molecule has 0 radical (unpaired) electrons. The Bertz CT molecular complexity index is 148. The molecule has 0 amide bonds. The zero-order valence-corrected chi connectivity index (χ0v) is 7.09. The second-order valence-corrected chi connectivity index (χ2v) is 3.89. The summed E-state index contributed by atoms with van der Waals surface area (Å²) in [5, 5.41) is 13.1. The van der Waals surface area contributed by atoms with E-state index in [4.69, 9.17) is 0 Å². The fourth-order valence-electron chi connectivity index (χ4n) is 2.85. The molecule has 0 saturated heterocycles. The van der Waals surface area contributed by atoms with Gasteiger partial charge < -0.3 is 10.4 Å². The van der Waals surface area contributed by atoms with Crippen LogP contribution in [0.2, 0.25) is 0 Å². The summed E-state index contributed by atoms with van der Waals surface area (Å²) in [6.45, 7) is 3.19. The topological polar surface area (TPSA) is 32.3 Å². The van der Waals surface area contributed by atoms with Gasteiger partial charge in [0.05, 0.1) is 6.10 Å².